The van der Waals surface area contributed by atoms with Crippen LogP contribution in [0.1, 0.15) is 46.0 Å². The van der Waals surface area contributed by atoms with Gasteiger partial charge in [0.2, 0.25) is 0 Å². The summed E-state index contributed by atoms with van der Waals surface area (Å²) in [6, 6.07) is 0. The molecule has 92 valence electrons. The van der Waals surface area contributed by atoms with Crippen molar-refractivity contribution in [2.24, 2.45) is 0 Å². The highest BCUT2D eigenvalue weighted by atomic mass is 16.5. The molecule has 0 saturated carbocycles. The maximum absolute atomic E-state index is 11.3. The number of carboxylic acids is 1. The number of esters is 1. The van der Waals surface area contributed by atoms with Crippen molar-refractivity contribution >= 4 is 11.9 Å². The van der Waals surface area contributed by atoms with Crippen molar-refractivity contribution in [2.45, 2.75) is 52.1 Å². The van der Waals surface area contributed by atoms with Crippen LogP contribution in [-0.2, 0) is 14.3 Å². The number of hydrogen-bond donors (Lipinski definition) is 1. The molecule has 0 aliphatic carbocycles. The van der Waals surface area contributed by atoms with Crippen LogP contribution in [0.2, 0.25) is 0 Å². The second kappa shape index (κ2) is 7.91. The summed E-state index contributed by atoms with van der Waals surface area (Å²) in [7, 11) is 0. The fraction of sp³-hybridized carbons (Fsp3) is 0.667. The number of rotatable bonds is 8. The molecule has 0 radical (unpaired) electrons. The van der Waals surface area contributed by atoms with Gasteiger partial charge in [0, 0.05) is 0 Å². The molecule has 16 heavy (non-hydrogen) atoms. The van der Waals surface area contributed by atoms with Crippen molar-refractivity contribution in [1.82, 2.24) is 0 Å². The lowest BCUT2D eigenvalue weighted by Gasteiger charge is -2.16. The Kier molecular flexibility index (Phi) is 7.25. The van der Waals surface area contributed by atoms with Crippen LogP contribution in [0.3, 0.4) is 0 Å². The topological polar surface area (TPSA) is 63.6 Å². The number of carbonyl (C=O) groups excluding carboxylic acids is 1. The van der Waals surface area contributed by atoms with Gasteiger partial charge in [0.25, 0.3) is 0 Å². The molecular formula is C12H20O4. The predicted octanol–water partition coefficient (Wildman–Crippen LogP) is 2.53. The summed E-state index contributed by atoms with van der Waals surface area (Å²) in [5.74, 6) is -2.14. The Balaban J connectivity index is 4.21. The zero-order chi connectivity index (χ0) is 12.6. The van der Waals surface area contributed by atoms with E-state index in [1.54, 1.807) is 0 Å². The monoisotopic (exact) mass is 228 g/mol. The van der Waals surface area contributed by atoms with Gasteiger partial charge >= 0.3 is 11.9 Å². The van der Waals surface area contributed by atoms with E-state index in [1.165, 1.54) is 0 Å². The molecular weight excluding hydrogens is 208 g/mol. The van der Waals surface area contributed by atoms with Gasteiger partial charge in [0.05, 0.1) is 0 Å². The lowest BCUT2D eigenvalue weighted by Crippen LogP contribution is -2.22. The van der Waals surface area contributed by atoms with E-state index in [0.29, 0.717) is 0 Å². The molecule has 0 heterocycles. The zero-order valence-electron chi connectivity index (χ0n) is 9.99. The van der Waals surface area contributed by atoms with Crippen LogP contribution in [0.5, 0.6) is 0 Å². The summed E-state index contributed by atoms with van der Waals surface area (Å²) in [5.41, 5.74) is -0.502. The van der Waals surface area contributed by atoms with Crippen LogP contribution in [-0.4, -0.2) is 23.1 Å². The molecule has 1 N–H and O–H groups in total. The van der Waals surface area contributed by atoms with E-state index in [4.69, 9.17) is 9.84 Å². The molecule has 0 spiro atoms. The van der Waals surface area contributed by atoms with E-state index in [2.05, 4.69) is 13.5 Å². The van der Waals surface area contributed by atoms with Crippen LogP contribution in [0, 0.1) is 0 Å². The second-order valence-electron chi connectivity index (χ2n) is 3.74. The molecule has 0 aliphatic heterocycles. The Labute approximate surface area is 96.3 Å². The summed E-state index contributed by atoms with van der Waals surface area (Å²) >= 11 is 0. The minimum Gasteiger partial charge on any atom is -0.477 e. The van der Waals surface area contributed by atoms with Crippen molar-refractivity contribution in [3.63, 3.8) is 0 Å². The Morgan fingerprint density at radius 2 is 1.88 bits per heavy atom. The highest BCUT2D eigenvalue weighted by Crippen LogP contribution is 2.12. The molecule has 0 aromatic rings. The van der Waals surface area contributed by atoms with Gasteiger partial charge < -0.3 is 9.84 Å². The van der Waals surface area contributed by atoms with Crippen molar-refractivity contribution in [2.75, 3.05) is 0 Å². The first kappa shape index (κ1) is 14.7. The van der Waals surface area contributed by atoms with Crippen molar-refractivity contribution < 1.29 is 19.4 Å². The first-order chi connectivity index (χ1) is 7.52. The van der Waals surface area contributed by atoms with Gasteiger partial charge in [-0.05, 0) is 12.8 Å². The molecule has 4 heteroatoms. The summed E-state index contributed by atoms with van der Waals surface area (Å²) in [4.78, 5) is 21.8. The molecule has 0 saturated heterocycles. The van der Waals surface area contributed by atoms with Gasteiger partial charge in [0.1, 0.15) is 11.7 Å². The third kappa shape index (κ3) is 5.53. The van der Waals surface area contributed by atoms with Crippen LogP contribution in [0.4, 0.5) is 0 Å². The number of aliphatic carboxylic acids is 1. The molecule has 0 aromatic heterocycles. The first-order valence-corrected chi connectivity index (χ1v) is 5.66. The lowest BCUT2D eigenvalue weighted by atomic mass is 10.1. The fourth-order valence-electron chi connectivity index (χ4n) is 1.33. The maximum atomic E-state index is 11.3. The average Bonchev–Trinajstić information content (AvgIpc) is 2.24. The van der Waals surface area contributed by atoms with Gasteiger partial charge in [0.15, 0.2) is 0 Å². The number of unbranched alkanes of at least 4 members (excludes halogenated alkanes) is 1. The van der Waals surface area contributed by atoms with Crippen LogP contribution in [0.25, 0.3) is 0 Å². The van der Waals surface area contributed by atoms with E-state index >= 15 is 0 Å². The second-order valence-corrected chi connectivity index (χ2v) is 3.74. The minimum atomic E-state index is -1.32. The normalized spacial score (nSPS) is 11.9. The highest BCUT2D eigenvalue weighted by Gasteiger charge is 2.20. The minimum absolute atomic E-state index is 0.187. The summed E-state index contributed by atoms with van der Waals surface area (Å²) in [5, 5.41) is 8.57. The fourth-order valence-corrected chi connectivity index (χ4v) is 1.33. The molecule has 0 rings (SSSR count). The molecule has 0 aromatic carbocycles. The molecule has 0 fully saturated rings. The molecule has 0 aliphatic rings. The number of carboxylic acid groups (broad SMARTS) is 1. The first-order valence-electron chi connectivity index (χ1n) is 5.66. The van der Waals surface area contributed by atoms with Gasteiger partial charge in [-0.3, -0.25) is 0 Å². The Hall–Kier alpha value is -1.32. The number of hydrogen-bond acceptors (Lipinski definition) is 3. The number of ether oxygens (including phenoxy) is 1. The van der Waals surface area contributed by atoms with E-state index in [-0.39, 0.29) is 6.10 Å². The summed E-state index contributed by atoms with van der Waals surface area (Å²) in [6.07, 6.45) is 4.26. The van der Waals surface area contributed by atoms with Crippen LogP contribution < -0.4 is 0 Å². The van der Waals surface area contributed by atoms with E-state index in [1.807, 2.05) is 6.92 Å². The Morgan fingerprint density at radius 1 is 1.25 bits per heavy atom. The molecule has 0 bridgehead atoms. The molecule has 1 atom stereocenters. The number of carbonyl (C=O) groups is 2. The van der Waals surface area contributed by atoms with E-state index in [9.17, 15) is 9.59 Å². The SMILES string of the molecule is C=C(C(=O)O)C(=O)OC(CCC)CCCC. The quantitative estimate of drug-likeness (QED) is 0.300. The highest BCUT2D eigenvalue weighted by molar-refractivity contribution is 6.12. The molecule has 1 unspecified atom stereocenters. The summed E-state index contributed by atoms with van der Waals surface area (Å²) < 4.78 is 5.10. The Bertz CT molecular complexity index is 258. The maximum Gasteiger partial charge on any atom is 0.345 e. The van der Waals surface area contributed by atoms with E-state index < -0.39 is 17.5 Å². The molecule has 0 amide bonds. The Morgan fingerprint density at radius 3 is 2.31 bits per heavy atom. The average molecular weight is 228 g/mol. The standard InChI is InChI=1S/C12H20O4/c1-4-6-8-10(7-5-2)16-12(15)9(3)11(13)14/h10H,3-8H2,1-2H3,(H,13,14). The van der Waals surface area contributed by atoms with Gasteiger partial charge in [-0.15, -0.1) is 0 Å². The molecule has 4 nitrogen and oxygen atoms in total. The van der Waals surface area contributed by atoms with Gasteiger partial charge in [-0.1, -0.05) is 39.7 Å². The van der Waals surface area contributed by atoms with Gasteiger partial charge in [-0.2, -0.15) is 0 Å². The smallest absolute Gasteiger partial charge is 0.345 e. The third-order valence-corrected chi connectivity index (χ3v) is 2.27. The van der Waals surface area contributed by atoms with Crippen LogP contribution >= 0.6 is 0 Å². The van der Waals surface area contributed by atoms with Crippen LogP contribution in [0.15, 0.2) is 12.2 Å². The third-order valence-electron chi connectivity index (χ3n) is 2.27. The largest absolute Gasteiger partial charge is 0.477 e. The van der Waals surface area contributed by atoms with Crippen molar-refractivity contribution in [1.29, 1.82) is 0 Å². The lowest BCUT2D eigenvalue weighted by molar-refractivity contribution is -0.148. The van der Waals surface area contributed by atoms with Gasteiger partial charge in [-0.25, -0.2) is 9.59 Å². The zero-order valence-corrected chi connectivity index (χ0v) is 9.99. The summed E-state index contributed by atoms with van der Waals surface area (Å²) in [6.45, 7) is 7.23. The predicted molar refractivity (Wildman–Crippen MR) is 61.1 cm³/mol. The van der Waals surface area contributed by atoms with Crippen molar-refractivity contribution in [3.8, 4) is 0 Å². The van der Waals surface area contributed by atoms with E-state index in [0.717, 1.165) is 32.1 Å². The van der Waals surface area contributed by atoms with Crippen molar-refractivity contribution in [3.05, 3.63) is 12.2 Å².